The molecule has 1 atom stereocenters. The summed E-state index contributed by atoms with van der Waals surface area (Å²) >= 11 is 0. The lowest BCUT2D eigenvalue weighted by atomic mass is 10.1. The molecular formula is C16H18N4. The van der Waals surface area contributed by atoms with Crippen LogP contribution in [0.2, 0.25) is 0 Å². The van der Waals surface area contributed by atoms with Crippen molar-refractivity contribution in [2.45, 2.75) is 18.9 Å². The van der Waals surface area contributed by atoms with Gasteiger partial charge in [0.15, 0.2) is 0 Å². The second-order valence-electron chi connectivity index (χ2n) is 5.50. The molecule has 4 heteroatoms. The van der Waals surface area contributed by atoms with Crippen molar-refractivity contribution < 1.29 is 0 Å². The van der Waals surface area contributed by atoms with E-state index < -0.39 is 0 Å². The zero-order valence-corrected chi connectivity index (χ0v) is 11.6. The molecule has 0 aliphatic carbocycles. The highest BCUT2D eigenvalue weighted by molar-refractivity contribution is 5.95. The summed E-state index contributed by atoms with van der Waals surface area (Å²) in [6.07, 6.45) is 6.53. The van der Waals surface area contributed by atoms with E-state index in [0.717, 1.165) is 18.1 Å². The van der Waals surface area contributed by atoms with Crippen LogP contribution in [0.3, 0.4) is 0 Å². The molecule has 3 aromatic rings. The number of aromatic nitrogens is 3. The summed E-state index contributed by atoms with van der Waals surface area (Å²) in [4.78, 5) is 8.05. The van der Waals surface area contributed by atoms with Crippen molar-refractivity contribution in [1.82, 2.24) is 19.9 Å². The van der Waals surface area contributed by atoms with Crippen LogP contribution in [-0.4, -0.2) is 21.1 Å². The number of fused-ring (bicyclic) bond motifs is 1. The minimum Gasteiger partial charge on any atom is -0.350 e. The third-order valence-corrected chi connectivity index (χ3v) is 4.17. The molecule has 102 valence electrons. The van der Waals surface area contributed by atoms with Crippen LogP contribution in [-0.2, 0) is 7.05 Å². The fourth-order valence-electron chi connectivity index (χ4n) is 3.12. The number of nitrogens with zero attached hydrogens (tertiary/aromatic N) is 2. The highest BCUT2D eigenvalue weighted by atomic mass is 15.0. The summed E-state index contributed by atoms with van der Waals surface area (Å²) in [5, 5.41) is 4.75. The van der Waals surface area contributed by atoms with Crippen molar-refractivity contribution in [2.75, 3.05) is 6.54 Å². The van der Waals surface area contributed by atoms with E-state index in [0.29, 0.717) is 6.04 Å². The van der Waals surface area contributed by atoms with E-state index in [1.807, 2.05) is 6.20 Å². The zero-order valence-electron chi connectivity index (χ0n) is 11.6. The van der Waals surface area contributed by atoms with Crippen molar-refractivity contribution in [3.05, 3.63) is 42.5 Å². The minimum atomic E-state index is 0.388. The summed E-state index contributed by atoms with van der Waals surface area (Å²) in [6.45, 7) is 1.09. The largest absolute Gasteiger partial charge is 0.350 e. The molecule has 0 spiro atoms. The van der Waals surface area contributed by atoms with Gasteiger partial charge in [-0.3, -0.25) is 0 Å². The molecule has 0 bridgehead atoms. The van der Waals surface area contributed by atoms with Gasteiger partial charge in [0.1, 0.15) is 5.82 Å². The van der Waals surface area contributed by atoms with Gasteiger partial charge in [-0.15, -0.1) is 0 Å². The third-order valence-electron chi connectivity index (χ3n) is 4.17. The number of aromatic amines is 1. The molecule has 1 aliphatic rings. The summed E-state index contributed by atoms with van der Waals surface area (Å²) in [5.74, 6) is 1.06. The molecule has 1 aliphatic heterocycles. The van der Waals surface area contributed by atoms with E-state index in [2.05, 4.69) is 57.4 Å². The van der Waals surface area contributed by atoms with Gasteiger partial charge in [0, 0.05) is 29.7 Å². The van der Waals surface area contributed by atoms with Crippen LogP contribution in [0.5, 0.6) is 0 Å². The maximum atomic E-state index is 4.56. The van der Waals surface area contributed by atoms with E-state index in [-0.39, 0.29) is 0 Å². The maximum absolute atomic E-state index is 4.56. The second kappa shape index (κ2) is 4.49. The lowest BCUT2D eigenvalue weighted by Crippen LogP contribution is -2.14. The van der Waals surface area contributed by atoms with Crippen LogP contribution in [0.1, 0.15) is 24.7 Å². The van der Waals surface area contributed by atoms with Gasteiger partial charge in [-0.25, -0.2) is 4.98 Å². The average molecular weight is 266 g/mol. The van der Waals surface area contributed by atoms with Crippen molar-refractivity contribution in [2.24, 2.45) is 7.05 Å². The van der Waals surface area contributed by atoms with Crippen molar-refractivity contribution in [3.8, 4) is 11.3 Å². The van der Waals surface area contributed by atoms with Gasteiger partial charge >= 0.3 is 0 Å². The third kappa shape index (κ3) is 1.76. The highest BCUT2D eigenvalue weighted by Gasteiger charge is 2.20. The van der Waals surface area contributed by atoms with Crippen molar-refractivity contribution >= 4 is 10.9 Å². The quantitative estimate of drug-likeness (QED) is 0.749. The van der Waals surface area contributed by atoms with Gasteiger partial charge in [-0.1, -0.05) is 18.2 Å². The Morgan fingerprint density at radius 3 is 3.05 bits per heavy atom. The number of benzene rings is 1. The Hall–Kier alpha value is -2.07. The first kappa shape index (κ1) is 11.7. The van der Waals surface area contributed by atoms with Crippen LogP contribution in [0.4, 0.5) is 0 Å². The van der Waals surface area contributed by atoms with E-state index >= 15 is 0 Å². The molecule has 1 aromatic carbocycles. The number of aryl methyl sites for hydroxylation is 1. The standard InChI is InChI=1S/C16H18N4/c1-20-10-12(11-5-2-3-7-15(11)20)14-9-18-16(19-14)13-6-4-8-17-13/h2-3,5,7,9-10,13,17H,4,6,8H2,1H3,(H,18,19). The highest BCUT2D eigenvalue weighted by Crippen LogP contribution is 2.30. The van der Waals surface area contributed by atoms with Crippen LogP contribution in [0, 0.1) is 0 Å². The predicted octanol–water partition coefficient (Wildman–Crippen LogP) is 2.99. The number of imidazole rings is 1. The van der Waals surface area contributed by atoms with E-state index in [9.17, 15) is 0 Å². The molecule has 0 radical (unpaired) electrons. The summed E-state index contributed by atoms with van der Waals surface area (Å²) in [7, 11) is 2.08. The topological polar surface area (TPSA) is 45.6 Å². The number of H-pyrrole nitrogens is 1. The second-order valence-corrected chi connectivity index (χ2v) is 5.50. The van der Waals surface area contributed by atoms with Crippen LogP contribution in [0.15, 0.2) is 36.7 Å². The van der Waals surface area contributed by atoms with Crippen LogP contribution in [0.25, 0.3) is 22.2 Å². The smallest absolute Gasteiger partial charge is 0.123 e. The molecule has 0 saturated carbocycles. The van der Waals surface area contributed by atoms with E-state index in [1.54, 1.807) is 0 Å². The molecule has 0 amide bonds. The van der Waals surface area contributed by atoms with Crippen LogP contribution >= 0.6 is 0 Å². The number of hydrogen-bond donors (Lipinski definition) is 2. The lowest BCUT2D eigenvalue weighted by molar-refractivity contribution is 0.613. The van der Waals surface area contributed by atoms with E-state index in [4.69, 9.17) is 0 Å². The number of hydrogen-bond acceptors (Lipinski definition) is 2. The Balaban J connectivity index is 1.79. The Morgan fingerprint density at radius 1 is 1.30 bits per heavy atom. The molecule has 1 fully saturated rings. The first-order valence-corrected chi connectivity index (χ1v) is 7.15. The van der Waals surface area contributed by atoms with Gasteiger partial charge in [-0.05, 0) is 25.5 Å². The molecule has 1 unspecified atom stereocenters. The Morgan fingerprint density at radius 2 is 2.20 bits per heavy atom. The normalized spacial score (nSPS) is 18.9. The molecule has 3 heterocycles. The fraction of sp³-hybridized carbons (Fsp3) is 0.312. The van der Waals surface area contributed by atoms with Crippen molar-refractivity contribution in [1.29, 1.82) is 0 Å². The monoisotopic (exact) mass is 266 g/mol. The predicted molar refractivity (Wildman–Crippen MR) is 80.5 cm³/mol. The van der Waals surface area contributed by atoms with Gasteiger partial charge in [0.05, 0.1) is 17.9 Å². The number of rotatable bonds is 2. The van der Waals surface area contributed by atoms with Crippen LogP contribution < -0.4 is 5.32 Å². The number of nitrogens with one attached hydrogen (secondary N) is 2. The summed E-state index contributed by atoms with van der Waals surface area (Å²) in [5.41, 5.74) is 3.57. The fourth-order valence-corrected chi connectivity index (χ4v) is 3.12. The first-order chi connectivity index (χ1) is 9.83. The molecule has 4 rings (SSSR count). The van der Waals surface area contributed by atoms with Gasteiger partial charge < -0.3 is 14.9 Å². The Labute approximate surface area is 117 Å². The average Bonchev–Trinajstić information content (AvgIpc) is 3.17. The lowest BCUT2D eigenvalue weighted by Gasteiger charge is -2.05. The maximum Gasteiger partial charge on any atom is 0.123 e. The van der Waals surface area contributed by atoms with Gasteiger partial charge in [0.25, 0.3) is 0 Å². The molecule has 1 saturated heterocycles. The minimum absolute atomic E-state index is 0.388. The molecule has 4 nitrogen and oxygen atoms in total. The molecule has 20 heavy (non-hydrogen) atoms. The summed E-state index contributed by atoms with van der Waals surface area (Å²) in [6, 6.07) is 8.86. The van der Waals surface area contributed by atoms with E-state index in [1.165, 1.54) is 29.3 Å². The van der Waals surface area contributed by atoms with Gasteiger partial charge in [0.2, 0.25) is 0 Å². The molecular weight excluding hydrogens is 248 g/mol. The number of para-hydroxylation sites is 1. The Bertz CT molecular complexity index is 747. The molecule has 2 aromatic heterocycles. The zero-order chi connectivity index (χ0) is 13.5. The first-order valence-electron chi connectivity index (χ1n) is 7.15. The Kier molecular flexibility index (Phi) is 2.63. The van der Waals surface area contributed by atoms with Crippen molar-refractivity contribution in [3.63, 3.8) is 0 Å². The molecule has 2 N–H and O–H groups in total. The SMILES string of the molecule is Cn1cc(-c2cnc(C3CCCN3)[nH]2)c2ccccc21. The van der Waals surface area contributed by atoms with Gasteiger partial charge in [-0.2, -0.15) is 0 Å². The summed E-state index contributed by atoms with van der Waals surface area (Å²) < 4.78 is 2.17.